The molecule has 20 heavy (non-hydrogen) atoms. The molecular weight excluding hydrogens is 258 g/mol. The molecule has 0 fully saturated rings. The average molecular weight is 279 g/mol. The van der Waals surface area contributed by atoms with Gasteiger partial charge in [-0.3, -0.25) is 9.59 Å². The summed E-state index contributed by atoms with van der Waals surface area (Å²) in [4.78, 5) is 22.2. The molecule has 0 aromatic heterocycles. The number of nitrogens with one attached hydrogen (secondary N) is 1. The first kappa shape index (κ1) is 16.0. The Labute approximate surface area is 118 Å². The summed E-state index contributed by atoms with van der Waals surface area (Å²) in [5.74, 6) is -0.145. The van der Waals surface area contributed by atoms with Crippen LogP contribution in [0.25, 0.3) is 0 Å². The lowest BCUT2D eigenvalue weighted by Gasteiger charge is -2.13. The highest BCUT2D eigenvalue weighted by atomic mass is 16.5. The van der Waals surface area contributed by atoms with Crippen molar-refractivity contribution in [2.75, 3.05) is 7.11 Å². The quantitative estimate of drug-likeness (QED) is 0.763. The van der Waals surface area contributed by atoms with E-state index in [4.69, 9.17) is 9.84 Å². The zero-order valence-electron chi connectivity index (χ0n) is 11.9. The molecule has 0 radical (unpaired) electrons. The van der Waals surface area contributed by atoms with Crippen molar-refractivity contribution in [2.45, 2.75) is 38.6 Å². The topological polar surface area (TPSA) is 75.6 Å². The Bertz CT molecular complexity index is 459. The number of benzene rings is 1. The van der Waals surface area contributed by atoms with Crippen LogP contribution < -0.4 is 10.1 Å². The zero-order chi connectivity index (χ0) is 15.0. The minimum Gasteiger partial charge on any atom is -0.496 e. The van der Waals surface area contributed by atoms with Crippen LogP contribution in [0.1, 0.15) is 31.7 Å². The lowest BCUT2D eigenvalue weighted by Crippen LogP contribution is -2.33. The maximum absolute atomic E-state index is 11.8. The minimum absolute atomic E-state index is 0.0634. The van der Waals surface area contributed by atoms with Gasteiger partial charge in [-0.25, -0.2) is 0 Å². The van der Waals surface area contributed by atoms with Crippen LogP contribution in [-0.4, -0.2) is 30.1 Å². The van der Waals surface area contributed by atoms with Gasteiger partial charge in [0.2, 0.25) is 5.91 Å². The second kappa shape index (κ2) is 8.19. The highest BCUT2D eigenvalue weighted by Crippen LogP contribution is 2.18. The second-order valence-electron chi connectivity index (χ2n) is 4.71. The van der Waals surface area contributed by atoms with E-state index in [2.05, 4.69) is 5.32 Å². The first-order valence-corrected chi connectivity index (χ1v) is 6.66. The fraction of sp³-hybridized carbons (Fsp3) is 0.467. The molecule has 1 aromatic rings. The average Bonchev–Trinajstić information content (AvgIpc) is 2.43. The lowest BCUT2D eigenvalue weighted by molar-refractivity contribution is -0.137. The summed E-state index contributed by atoms with van der Waals surface area (Å²) in [5, 5.41) is 11.4. The number of methoxy groups -OCH3 is 1. The van der Waals surface area contributed by atoms with E-state index < -0.39 is 5.97 Å². The third-order valence-corrected chi connectivity index (χ3v) is 3.01. The number of carboxylic acids is 1. The van der Waals surface area contributed by atoms with Gasteiger partial charge in [0.15, 0.2) is 0 Å². The Balaban J connectivity index is 2.37. The molecule has 0 aliphatic carbocycles. The molecule has 0 aliphatic rings. The third-order valence-electron chi connectivity index (χ3n) is 3.01. The largest absolute Gasteiger partial charge is 0.496 e. The number of carbonyl (C=O) groups excluding carboxylic acids is 1. The molecule has 0 bridgehead atoms. The van der Waals surface area contributed by atoms with Crippen LogP contribution in [0, 0.1) is 0 Å². The molecule has 110 valence electrons. The van der Waals surface area contributed by atoms with Gasteiger partial charge in [-0.2, -0.15) is 0 Å². The van der Waals surface area contributed by atoms with Gasteiger partial charge >= 0.3 is 5.97 Å². The van der Waals surface area contributed by atoms with Gasteiger partial charge in [-0.15, -0.1) is 0 Å². The highest BCUT2D eigenvalue weighted by molar-refractivity contribution is 5.76. The lowest BCUT2D eigenvalue weighted by atomic mass is 10.1. The van der Waals surface area contributed by atoms with E-state index in [9.17, 15) is 9.59 Å². The molecule has 1 atom stereocenters. The SMILES string of the molecule is COc1ccccc1CCC(=O)NC(C)CCC(=O)O. The number of aliphatic carboxylic acids is 1. The molecule has 2 N–H and O–H groups in total. The van der Waals surface area contributed by atoms with Gasteiger partial charge in [0.25, 0.3) is 0 Å². The van der Waals surface area contributed by atoms with E-state index in [0.717, 1.165) is 11.3 Å². The van der Waals surface area contributed by atoms with Crippen LogP contribution in [0.4, 0.5) is 0 Å². The van der Waals surface area contributed by atoms with Gasteiger partial charge < -0.3 is 15.2 Å². The maximum Gasteiger partial charge on any atom is 0.303 e. The van der Waals surface area contributed by atoms with Crippen LogP contribution in [0.15, 0.2) is 24.3 Å². The number of ether oxygens (including phenoxy) is 1. The standard InChI is InChI=1S/C15H21NO4/c1-11(7-10-15(18)19)16-14(17)9-8-12-5-3-4-6-13(12)20-2/h3-6,11H,7-10H2,1-2H3,(H,16,17)(H,18,19). The van der Waals surface area contributed by atoms with Crippen LogP contribution in [-0.2, 0) is 16.0 Å². The van der Waals surface area contributed by atoms with Gasteiger partial charge in [-0.05, 0) is 31.4 Å². The second-order valence-corrected chi connectivity index (χ2v) is 4.71. The molecule has 0 saturated carbocycles. The normalized spacial score (nSPS) is 11.7. The Morgan fingerprint density at radius 1 is 1.30 bits per heavy atom. The van der Waals surface area contributed by atoms with E-state index in [0.29, 0.717) is 19.3 Å². The Hall–Kier alpha value is -2.04. The summed E-state index contributed by atoms with van der Waals surface area (Å²) in [6, 6.07) is 7.46. The van der Waals surface area contributed by atoms with Gasteiger partial charge in [-0.1, -0.05) is 18.2 Å². The molecule has 1 amide bonds. The van der Waals surface area contributed by atoms with Crippen molar-refractivity contribution in [3.63, 3.8) is 0 Å². The van der Waals surface area contributed by atoms with E-state index in [1.807, 2.05) is 31.2 Å². The number of hydrogen-bond acceptors (Lipinski definition) is 3. The molecule has 0 saturated heterocycles. The van der Waals surface area contributed by atoms with Crippen LogP contribution in [0.3, 0.4) is 0 Å². The Kier molecular flexibility index (Phi) is 6.56. The van der Waals surface area contributed by atoms with E-state index in [-0.39, 0.29) is 18.4 Å². The van der Waals surface area contributed by atoms with Crippen LogP contribution in [0.5, 0.6) is 5.75 Å². The van der Waals surface area contributed by atoms with Crippen molar-refractivity contribution in [3.05, 3.63) is 29.8 Å². The fourth-order valence-electron chi connectivity index (χ4n) is 1.92. The number of para-hydroxylation sites is 1. The molecular formula is C15H21NO4. The molecule has 5 nitrogen and oxygen atoms in total. The third kappa shape index (κ3) is 5.73. The number of rotatable bonds is 8. The van der Waals surface area contributed by atoms with E-state index in [1.54, 1.807) is 7.11 Å². The number of hydrogen-bond donors (Lipinski definition) is 2. The first-order valence-electron chi connectivity index (χ1n) is 6.66. The van der Waals surface area contributed by atoms with Crippen molar-refractivity contribution < 1.29 is 19.4 Å². The van der Waals surface area contributed by atoms with Crippen molar-refractivity contribution >= 4 is 11.9 Å². The summed E-state index contributed by atoms with van der Waals surface area (Å²) in [7, 11) is 1.60. The summed E-state index contributed by atoms with van der Waals surface area (Å²) >= 11 is 0. The number of carbonyl (C=O) groups is 2. The number of carboxylic acid groups (broad SMARTS) is 1. The van der Waals surface area contributed by atoms with Gasteiger partial charge in [0, 0.05) is 18.9 Å². The highest BCUT2D eigenvalue weighted by Gasteiger charge is 2.10. The monoisotopic (exact) mass is 279 g/mol. The van der Waals surface area contributed by atoms with Crippen LogP contribution in [0.2, 0.25) is 0 Å². The fourth-order valence-corrected chi connectivity index (χ4v) is 1.92. The van der Waals surface area contributed by atoms with Crippen molar-refractivity contribution in [1.82, 2.24) is 5.32 Å². The molecule has 1 aromatic carbocycles. The zero-order valence-corrected chi connectivity index (χ0v) is 11.9. The van der Waals surface area contributed by atoms with Crippen LogP contribution >= 0.6 is 0 Å². The minimum atomic E-state index is -0.847. The molecule has 0 spiro atoms. The van der Waals surface area contributed by atoms with Gasteiger partial charge in [0.05, 0.1) is 7.11 Å². The molecule has 1 unspecified atom stereocenters. The smallest absolute Gasteiger partial charge is 0.303 e. The van der Waals surface area contributed by atoms with Crippen molar-refractivity contribution in [1.29, 1.82) is 0 Å². The molecule has 5 heteroatoms. The Morgan fingerprint density at radius 3 is 2.65 bits per heavy atom. The summed E-state index contributed by atoms with van der Waals surface area (Å²) < 4.78 is 5.23. The predicted molar refractivity (Wildman–Crippen MR) is 75.8 cm³/mol. The predicted octanol–water partition coefficient (Wildman–Crippen LogP) is 2.00. The van der Waals surface area contributed by atoms with E-state index in [1.165, 1.54) is 0 Å². The Morgan fingerprint density at radius 2 is 2.00 bits per heavy atom. The molecule has 0 heterocycles. The summed E-state index contributed by atoms with van der Waals surface area (Å²) in [6.07, 6.45) is 1.46. The maximum atomic E-state index is 11.8. The van der Waals surface area contributed by atoms with Gasteiger partial charge in [0.1, 0.15) is 5.75 Å². The molecule has 1 rings (SSSR count). The van der Waals surface area contributed by atoms with Crippen molar-refractivity contribution in [2.24, 2.45) is 0 Å². The summed E-state index contributed by atoms with van der Waals surface area (Å²) in [6.45, 7) is 1.81. The number of aryl methyl sites for hydroxylation is 1. The summed E-state index contributed by atoms with van der Waals surface area (Å²) in [5.41, 5.74) is 0.989. The van der Waals surface area contributed by atoms with E-state index >= 15 is 0 Å². The number of amides is 1. The molecule has 0 aliphatic heterocycles. The first-order chi connectivity index (χ1) is 9.52. The van der Waals surface area contributed by atoms with Crippen molar-refractivity contribution in [3.8, 4) is 5.75 Å².